The molecule has 1 aliphatic rings. The van der Waals surface area contributed by atoms with Gasteiger partial charge in [0.25, 0.3) is 0 Å². The van der Waals surface area contributed by atoms with E-state index in [0.717, 1.165) is 25.4 Å². The topological polar surface area (TPSA) is 35.2 Å². The second-order valence-electron chi connectivity index (χ2n) is 6.25. The summed E-state index contributed by atoms with van der Waals surface area (Å²) in [4.78, 5) is 0. The SMILES string of the molecule is CCOC1CC(CC(N)Cc2cccc3ccccc23)C1. The van der Waals surface area contributed by atoms with Gasteiger partial charge in [-0.15, -0.1) is 0 Å². The first kappa shape index (κ1) is 14.6. The van der Waals surface area contributed by atoms with Crippen molar-refractivity contribution in [3.8, 4) is 0 Å². The van der Waals surface area contributed by atoms with Crippen LogP contribution in [0.5, 0.6) is 0 Å². The summed E-state index contributed by atoms with van der Waals surface area (Å²) >= 11 is 0. The van der Waals surface area contributed by atoms with Gasteiger partial charge >= 0.3 is 0 Å². The maximum atomic E-state index is 6.39. The molecule has 2 aromatic rings. The van der Waals surface area contributed by atoms with Crippen LogP contribution in [0.1, 0.15) is 31.7 Å². The number of fused-ring (bicyclic) bond motifs is 1. The maximum Gasteiger partial charge on any atom is 0.0580 e. The van der Waals surface area contributed by atoms with E-state index < -0.39 is 0 Å². The van der Waals surface area contributed by atoms with E-state index in [2.05, 4.69) is 49.4 Å². The highest BCUT2D eigenvalue weighted by Crippen LogP contribution is 2.34. The molecule has 0 spiro atoms. The predicted octanol–water partition coefficient (Wildman–Crippen LogP) is 3.91. The number of hydrogen-bond donors (Lipinski definition) is 1. The van der Waals surface area contributed by atoms with E-state index in [4.69, 9.17) is 10.5 Å². The summed E-state index contributed by atoms with van der Waals surface area (Å²) in [7, 11) is 0. The molecule has 0 aromatic heterocycles. The quantitative estimate of drug-likeness (QED) is 0.872. The molecular weight excluding hydrogens is 258 g/mol. The molecule has 1 atom stereocenters. The van der Waals surface area contributed by atoms with Gasteiger partial charge < -0.3 is 10.5 Å². The van der Waals surface area contributed by atoms with Crippen molar-refractivity contribution in [2.75, 3.05) is 6.61 Å². The Hall–Kier alpha value is -1.38. The van der Waals surface area contributed by atoms with Gasteiger partial charge in [0.15, 0.2) is 0 Å². The third-order valence-electron chi connectivity index (χ3n) is 4.59. The minimum atomic E-state index is 0.253. The Kier molecular flexibility index (Phi) is 4.57. The van der Waals surface area contributed by atoms with Gasteiger partial charge in [-0.05, 0) is 54.9 Å². The molecule has 0 aliphatic heterocycles. The Bertz CT molecular complexity index is 584. The van der Waals surface area contributed by atoms with Gasteiger partial charge in [0.1, 0.15) is 0 Å². The van der Waals surface area contributed by atoms with Gasteiger partial charge in [-0.2, -0.15) is 0 Å². The predicted molar refractivity (Wildman–Crippen MR) is 88.4 cm³/mol. The molecule has 1 saturated carbocycles. The third kappa shape index (κ3) is 3.45. The molecule has 112 valence electrons. The number of ether oxygens (including phenoxy) is 1. The summed E-state index contributed by atoms with van der Waals surface area (Å²) in [5.74, 6) is 0.756. The first-order valence-corrected chi connectivity index (χ1v) is 8.10. The van der Waals surface area contributed by atoms with Crippen LogP contribution in [0.4, 0.5) is 0 Å². The van der Waals surface area contributed by atoms with E-state index in [0.29, 0.717) is 6.10 Å². The molecule has 1 unspecified atom stereocenters. The van der Waals surface area contributed by atoms with Crippen molar-refractivity contribution in [3.05, 3.63) is 48.0 Å². The summed E-state index contributed by atoms with van der Waals surface area (Å²) in [6, 6.07) is 15.3. The fourth-order valence-electron chi connectivity index (χ4n) is 3.50. The van der Waals surface area contributed by atoms with Gasteiger partial charge in [-0.25, -0.2) is 0 Å². The maximum absolute atomic E-state index is 6.39. The zero-order valence-corrected chi connectivity index (χ0v) is 12.8. The fraction of sp³-hybridized carbons (Fsp3) is 0.474. The molecule has 3 rings (SSSR count). The highest BCUT2D eigenvalue weighted by molar-refractivity contribution is 5.85. The molecule has 0 saturated heterocycles. The minimum absolute atomic E-state index is 0.253. The van der Waals surface area contributed by atoms with Crippen molar-refractivity contribution in [2.24, 2.45) is 11.7 Å². The molecule has 0 radical (unpaired) electrons. The number of benzene rings is 2. The molecule has 21 heavy (non-hydrogen) atoms. The van der Waals surface area contributed by atoms with Gasteiger partial charge in [0, 0.05) is 12.6 Å². The Morgan fingerprint density at radius 3 is 2.71 bits per heavy atom. The largest absolute Gasteiger partial charge is 0.378 e. The summed E-state index contributed by atoms with van der Waals surface area (Å²) in [5, 5.41) is 2.65. The smallest absolute Gasteiger partial charge is 0.0580 e. The first-order chi connectivity index (χ1) is 10.3. The average molecular weight is 283 g/mol. The number of nitrogens with two attached hydrogens (primary N) is 1. The van der Waals surface area contributed by atoms with Crippen LogP contribution in [0, 0.1) is 5.92 Å². The molecule has 1 aliphatic carbocycles. The van der Waals surface area contributed by atoms with Gasteiger partial charge in [-0.3, -0.25) is 0 Å². The average Bonchev–Trinajstić information content (AvgIpc) is 2.45. The second kappa shape index (κ2) is 6.59. The summed E-state index contributed by atoms with van der Waals surface area (Å²) in [6.45, 7) is 2.90. The van der Waals surface area contributed by atoms with E-state index in [-0.39, 0.29) is 6.04 Å². The third-order valence-corrected chi connectivity index (χ3v) is 4.59. The second-order valence-corrected chi connectivity index (χ2v) is 6.25. The molecule has 0 bridgehead atoms. The van der Waals surface area contributed by atoms with Crippen LogP contribution in [0.15, 0.2) is 42.5 Å². The monoisotopic (exact) mass is 283 g/mol. The van der Waals surface area contributed by atoms with E-state index in [1.165, 1.54) is 29.2 Å². The summed E-state index contributed by atoms with van der Waals surface area (Å²) in [6.07, 6.45) is 4.96. The van der Waals surface area contributed by atoms with Crippen LogP contribution < -0.4 is 5.73 Å². The minimum Gasteiger partial charge on any atom is -0.378 e. The lowest BCUT2D eigenvalue weighted by Gasteiger charge is -2.36. The van der Waals surface area contributed by atoms with Crippen molar-refractivity contribution in [1.29, 1.82) is 0 Å². The van der Waals surface area contributed by atoms with E-state index >= 15 is 0 Å². The summed E-state index contributed by atoms with van der Waals surface area (Å²) < 4.78 is 5.62. The lowest BCUT2D eigenvalue weighted by atomic mass is 9.77. The van der Waals surface area contributed by atoms with Crippen molar-refractivity contribution in [1.82, 2.24) is 0 Å². The fourth-order valence-corrected chi connectivity index (χ4v) is 3.50. The van der Waals surface area contributed by atoms with Gasteiger partial charge in [-0.1, -0.05) is 42.5 Å². The van der Waals surface area contributed by atoms with Crippen LogP contribution in [-0.4, -0.2) is 18.8 Å². The highest BCUT2D eigenvalue weighted by atomic mass is 16.5. The molecule has 2 heteroatoms. The molecule has 2 nitrogen and oxygen atoms in total. The van der Waals surface area contributed by atoms with Crippen molar-refractivity contribution in [3.63, 3.8) is 0 Å². The number of hydrogen-bond acceptors (Lipinski definition) is 2. The Morgan fingerprint density at radius 2 is 1.90 bits per heavy atom. The lowest BCUT2D eigenvalue weighted by molar-refractivity contribution is -0.0280. The van der Waals surface area contributed by atoms with Crippen molar-refractivity contribution in [2.45, 2.75) is 44.8 Å². The van der Waals surface area contributed by atoms with Crippen LogP contribution in [0.25, 0.3) is 10.8 Å². The van der Waals surface area contributed by atoms with Crippen LogP contribution in [-0.2, 0) is 11.2 Å². The molecule has 0 heterocycles. The molecular formula is C19H25NO. The lowest BCUT2D eigenvalue weighted by Crippen LogP contribution is -2.36. The Morgan fingerprint density at radius 1 is 1.14 bits per heavy atom. The van der Waals surface area contributed by atoms with E-state index in [1.807, 2.05) is 0 Å². The first-order valence-electron chi connectivity index (χ1n) is 8.10. The van der Waals surface area contributed by atoms with Crippen molar-refractivity contribution >= 4 is 10.8 Å². The van der Waals surface area contributed by atoms with E-state index in [9.17, 15) is 0 Å². The molecule has 1 fully saturated rings. The molecule has 0 amide bonds. The van der Waals surface area contributed by atoms with Gasteiger partial charge in [0.05, 0.1) is 6.10 Å². The number of rotatable bonds is 6. The Balaban J connectivity index is 1.58. The normalized spacial score (nSPS) is 23.0. The zero-order chi connectivity index (χ0) is 14.7. The van der Waals surface area contributed by atoms with Crippen LogP contribution in [0.2, 0.25) is 0 Å². The Labute approximate surface area is 127 Å². The van der Waals surface area contributed by atoms with Crippen molar-refractivity contribution < 1.29 is 4.74 Å². The molecule has 2 N–H and O–H groups in total. The van der Waals surface area contributed by atoms with Gasteiger partial charge in [0.2, 0.25) is 0 Å². The zero-order valence-electron chi connectivity index (χ0n) is 12.8. The highest BCUT2D eigenvalue weighted by Gasteiger charge is 2.30. The van der Waals surface area contributed by atoms with Crippen LogP contribution in [0.3, 0.4) is 0 Å². The standard InChI is InChI=1S/C19H25NO/c1-2-21-18-11-14(12-18)10-17(20)13-16-8-5-7-15-6-3-4-9-19(15)16/h3-9,14,17-18H,2,10-13,20H2,1H3. The van der Waals surface area contributed by atoms with Crippen LogP contribution >= 0.6 is 0 Å². The van der Waals surface area contributed by atoms with E-state index in [1.54, 1.807) is 0 Å². The summed E-state index contributed by atoms with van der Waals surface area (Å²) in [5.41, 5.74) is 7.76. The molecule has 2 aromatic carbocycles.